The van der Waals surface area contributed by atoms with E-state index in [4.69, 9.17) is 4.74 Å². The van der Waals surface area contributed by atoms with E-state index in [0.29, 0.717) is 18.0 Å². The third-order valence-electron chi connectivity index (χ3n) is 4.62. The van der Waals surface area contributed by atoms with Crippen molar-refractivity contribution in [3.8, 4) is 5.75 Å². The van der Waals surface area contributed by atoms with E-state index in [0.717, 1.165) is 46.4 Å². The lowest BCUT2D eigenvalue weighted by molar-refractivity contribution is 0.0951. The van der Waals surface area contributed by atoms with Gasteiger partial charge in [0.1, 0.15) is 5.75 Å². The van der Waals surface area contributed by atoms with Crippen molar-refractivity contribution >= 4 is 42.1 Å². The average Bonchev–Trinajstić information content (AvgIpc) is 3.21. The number of methoxy groups -OCH3 is 1. The molecule has 0 spiro atoms. The standard InChI is InChI=1S/C19H25N3O2S.2ClH/c1-12-18(25-13(2)22-12)11-21-19(23)15-4-5-17(24-3)16(9-15)8-14-6-7-20-10-14;;/h4-5,9,14,20H,6-8,10-11H2,1-3H3,(H,21,23);2*1H. The lowest BCUT2D eigenvalue weighted by atomic mass is 9.96. The number of carbonyl (C=O) groups is 1. The molecule has 5 nitrogen and oxygen atoms in total. The number of nitrogens with zero attached hydrogens (tertiary/aromatic N) is 1. The zero-order valence-corrected chi connectivity index (χ0v) is 18.3. The molecule has 1 aromatic carbocycles. The molecule has 2 heterocycles. The number of aromatic nitrogens is 1. The number of benzene rings is 1. The van der Waals surface area contributed by atoms with Crippen LogP contribution in [0.1, 0.15) is 37.9 Å². The highest BCUT2D eigenvalue weighted by atomic mass is 35.5. The second kappa shape index (κ2) is 10.9. The van der Waals surface area contributed by atoms with E-state index in [1.54, 1.807) is 18.4 Å². The normalized spacial score (nSPS) is 15.6. The first kappa shape index (κ1) is 23.7. The molecule has 0 bridgehead atoms. The maximum absolute atomic E-state index is 12.5. The predicted molar refractivity (Wildman–Crippen MR) is 115 cm³/mol. The molecule has 1 amide bonds. The van der Waals surface area contributed by atoms with Crippen LogP contribution in [0, 0.1) is 19.8 Å². The summed E-state index contributed by atoms with van der Waals surface area (Å²) in [7, 11) is 1.68. The van der Waals surface area contributed by atoms with Gasteiger partial charge in [-0.05, 0) is 69.5 Å². The van der Waals surface area contributed by atoms with Gasteiger partial charge in [0, 0.05) is 10.4 Å². The van der Waals surface area contributed by atoms with Crippen molar-refractivity contribution < 1.29 is 9.53 Å². The molecule has 150 valence electrons. The van der Waals surface area contributed by atoms with Crippen molar-refractivity contribution in [2.24, 2.45) is 5.92 Å². The predicted octanol–water partition coefficient (Wildman–Crippen LogP) is 3.69. The van der Waals surface area contributed by atoms with E-state index in [9.17, 15) is 4.79 Å². The van der Waals surface area contributed by atoms with Crippen molar-refractivity contribution in [1.29, 1.82) is 0 Å². The summed E-state index contributed by atoms with van der Waals surface area (Å²) in [6.07, 6.45) is 2.11. The van der Waals surface area contributed by atoms with Crippen LogP contribution in [-0.4, -0.2) is 31.1 Å². The Labute approximate surface area is 177 Å². The maximum atomic E-state index is 12.5. The number of hydrogen-bond donors (Lipinski definition) is 2. The van der Waals surface area contributed by atoms with Crippen molar-refractivity contribution in [3.63, 3.8) is 0 Å². The van der Waals surface area contributed by atoms with Crippen molar-refractivity contribution in [1.82, 2.24) is 15.6 Å². The molecule has 1 aromatic heterocycles. The van der Waals surface area contributed by atoms with Gasteiger partial charge in [0.15, 0.2) is 0 Å². The van der Waals surface area contributed by atoms with Crippen LogP contribution in [-0.2, 0) is 13.0 Å². The Morgan fingerprint density at radius 1 is 1.37 bits per heavy atom. The quantitative estimate of drug-likeness (QED) is 0.731. The molecule has 1 atom stereocenters. The number of nitrogens with one attached hydrogen (secondary N) is 2. The van der Waals surface area contributed by atoms with Gasteiger partial charge in [-0.3, -0.25) is 4.79 Å². The number of aryl methyl sites for hydroxylation is 2. The lowest BCUT2D eigenvalue weighted by Crippen LogP contribution is -2.23. The molecule has 0 saturated carbocycles. The number of rotatable bonds is 6. The third kappa shape index (κ3) is 6.07. The Morgan fingerprint density at radius 3 is 2.74 bits per heavy atom. The van der Waals surface area contributed by atoms with Gasteiger partial charge in [0.05, 0.1) is 24.4 Å². The third-order valence-corrected chi connectivity index (χ3v) is 5.70. The Morgan fingerprint density at radius 2 is 2.15 bits per heavy atom. The van der Waals surface area contributed by atoms with Gasteiger partial charge in [-0.15, -0.1) is 36.2 Å². The summed E-state index contributed by atoms with van der Waals surface area (Å²) in [5.74, 6) is 1.41. The van der Waals surface area contributed by atoms with Gasteiger partial charge >= 0.3 is 0 Å². The van der Waals surface area contributed by atoms with Gasteiger partial charge in [0.2, 0.25) is 0 Å². The molecule has 8 heteroatoms. The van der Waals surface area contributed by atoms with Crippen LogP contribution in [0.5, 0.6) is 5.75 Å². The highest BCUT2D eigenvalue weighted by Crippen LogP contribution is 2.25. The fourth-order valence-corrected chi connectivity index (χ4v) is 4.16. The topological polar surface area (TPSA) is 63.2 Å². The molecule has 0 radical (unpaired) electrons. The molecule has 1 unspecified atom stereocenters. The summed E-state index contributed by atoms with van der Waals surface area (Å²) >= 11 is 1.63. The van der Waals surface area contributed by atoms with E-state index in [1.807, 2.05) is 32.0 Å². The summed E-state index contributed by atoms with van der Waals surface area (Å²) in [5.41, 5.74) is 2.78. The van der Waals surface area contributed by atoms with Crippen LogP contribution in [0.25, 0.3) is 0 Å². The number of thiazole rings is 1. The maximum Gasteiger partial charge on any atom is 0.251 e. The molecule has 2 aromatic rings. The van der Waals surface area contributed by atoms with E-state index in [-0.39, 0.29) is 30.7 Å². The van der Waals surface area contributed by atoms with Crippen molar-refractivity contribution in [3.05, 3.63) is 44.9 Å². The molecule has 1 fully saturated rings. The fraction of sp³-hybridized carbons (Fsp3) is 0.474. The smallest absolute Gasteiger partial charge is 0.251 e. The van der Waals surface area contributed by atoms with Gasteiger partial charge in [-0.1, -0.05) is 0 Å². The Kier molecular flexibility index (Phi) is 9.53. The molecular weight excluding hydrogens is 405 g/mol. The van der Waals surface area contributed by atoms with E-state index in [1.165, 1.54) is 6.42 Å². The lowest BCUT2D eigenvalue weighted by Gasteiger charge is -2.14. The number of amides is 1. The number of ether oxygens (including phenoxy) is 1. The molecule has 1 saturated heterocycles. The summed E-state index contributed by atoms with van der Waals surface area (Å²) < 4.78 is 5.48. The van der Waals surface area contributed by atoms with Crippen molar-refractivity contribution in [2.45, 2.75) is 33.2 Å². The first-order valence-electron chi connectivity index (χ1n) is 8.65. The minimum atomic E-state index is -0.0566. The Bertz CT molecular complexity index is 761. The van der Waals surface area contributed by atoms with Crippen LogP contribution >= 0.6 is 36.2 Å². The second-order valence-electron chi connectivity index (χ2n) is 6.51. The number of carbonyl (C=O) groups excluding carboxylic acids is 1. The van der Waals surface area contributed by atoms with Crippen LogP contribution in [0.15, 0.2) is 18.2 Å². The largest absolute Gasteiger partial charge is 0.496 e. The SMILES string of the molecule is COc1ccc(C(=O)NCc2sc(C)nc2C)cc1CC1CCNC1.Cl.Cl. The van der Waals surface area contributed by atoms with Crippen LogP contribution in [0.3, 0.4) is 0 Å². The highest BCUT2D eigenvalue weighted by molar-refractivity contribution is 7.11. The van der Waals surface area contributed by atoms with Gasteiger partial charge in [0.25, 0.3) is 5.91 Å². The van der Waals surface area contributed by atoms with Gasteiger partial charge < -0.3 is 15.4 Å². The number of halogens is 2. The van der Waals surface area contributed by atoms with E-state index < -0.39 is 0 Å². The second-order valence-corrected chi connectivity index (χ2v) is 7.80. The van der Waals surface area contributed by atoms with Crippen molar-refractivity contribution in [2.75, 3.05) is 20.2 Å². The average molecular weight is 432 g/mol. The first-order chi connectivity index (χ1) is 12.1. The summed E-state index contributed by atoms with van der Waals surface area (Å²) in [6.45, 7) is 6.58. The molecule has 1 aliphatic rings. The van der Waals surface area contributed by atoms with Crippen LogP contribution in [0.2, 0.25) is 0 Å². The molecule has 3 rings (SSSR count). The Balaban J connectivity index is 0.00000182. The molecular formula is C19H27Cl2N3O2S. The summed E-state index contributed by atoms with van der Waals surface area (Å²) in [4.78, 5) is 18.1. The van der Waals surface area contributed by atoms with Gasteiger partial charge in [-0.25, -0.2) is 4.98 Å². The van der Waals surface area contributed by atoms with Crippen LogP contribution < -0.4 is 15.4 Å². The van der Waals surface area contributed by atoms with Crippen LogP contribution in [0.4, 0.5) is 0 Å². The molecule has 0 aliphatic carbocycles. The van der Waals surface area contributed by atoms with E-state index in [2.05, 4.69) is 15.6 Å². The monoisotopic (exact) mass is 431 g/mol. The van der Waals surface area contributed by atoms with Gasteiger partial charge in [-0.2, -0.15) is 0 Å². The summed E-state index contributed by atoms with van der Waals surface area (Å²) in [6, 6.07) is 5.70. The molecule has 1 aliphatic heterocycles. The first-order valence-corrected chi connectivity index (χ1v) is 9.47. The number of hydrogen-bond acceptors (Lipinski definition) is 5. The minimum Gasteiger partial charge on any atom is -0.496 e. The Hall–Kier alpha value is -1.34. The van der Waals surface area contributed by atoms with E-state index >= 15 is 0 Å². The molecule has 2 N–H and O–H groups in total. The molecule has 27 heavy (non-hydrogen) atoms. The fourth-order valence-electron chi connectivity index (χ4n) is 3.28. The highest BCUT2D eigenvalue weighted by Gasteiger charge is 2.18. The minimum absolute atomic E-state index is 0. The zero-order chi connectivity index (χ0) is 17.8. The summed E-state index contributed by atoms with van der Waals surface area (Å²) in [5, 5.41) is 7.42. The zero-order valence-electron chi connectivity index (χ0n) is 15.8.